The third-order valence-corrected chi connectivity index (χ3v) is 6.50. The summed E-state index contributed by atoms with van der Waals surface area (Å²) in [6, 6.07) is 24.6. The summed E-state index contributed by atoms with van der Waals surface area (Å²) < 4.78 is 26.4. The van der Waals surface area contributed by atoms with E-state index in [-0.39, 0.29) is 23.9 Å². The Labute approximate surface area is 270 Å². The number of hydrogen-bond donors (Lipinski definition) is 1. The van der Waals surface area contributed by atoms with Crippen molar-refractivity contribution in [2.45, 2.75) is 12.7 Å². The van der Waals surface area contributed by atoms with Crippen molar-refractivity contribution < 1.29 is 48.0 Å². The highest BCUT2D eigenvalue weighted by Crippen LogP contribution is 2.30. The average molecular weight is 635 g/mol. The largest absolute Gasteiger partial charge is 0.423 e. The van der Waals surface area contributed by atoms with E-state index in [9.17, 15) is 24.3 Å². The van der Waals surface area contributed by atoms with Crippen molar-refractivity contribution in [1.82, 2.24) is 0 Å². The molecule has 1 atom stereocenters. The van der Waals surface area contributed by atoms with E-state index < -0.39 is 30.2 Å². The summed E-state index contributed by atoms with van der Waals surface area (Å²) in [5.74, 6) is -1.83. The molecule has 0 heterocycles. The molecule has 10 heteroatoms. The van der Waals surface area contributed by atoms with Gasteiger partial charge < -0.3 is 28.8 Å². The van der Waals surface area contributed by atoms with E-state index in [4.69, 9.17) is 23.7 Å². The quantitative estimate of drug-likeness (QED) is 0.0751. The van der Waals surface area contributed by atoms with Crippen LogP contribution in [0.15, 0.2) is 129 Å². The molecule has 4 aromatic rings. The summed E-state index contributed by atoms with van der Waals surface area (Å²) in [7, 11) is 0. The van der Waals surface area contributed by atoms with Crippen molar-refractivity contribution in [1.29, 1.82) is 0 Å². The van der Waals surface area contributed by atoms with Gasteiger partial charge in [-0.3, -0.25) is 0 Å². The number of rotatable bonds is 14. The smallest absolute Gasteiger partial charge is 0.343 e. The summed E-state index contributed by atoms with van der Waals surface area (Å²) >= 11 is 0. The van der Waals surface area contributed by atoms with Crippen LogP contribution in [-0.2, 0) is 25.5 Å². The van der Waals surface area contributed by atoms with Crippen LogP contribution < -0.4 is 18.9 Å². The molecule has 0 fully saturated rings. The highest BCUT2D eigenvalue weighted by Gasteiger charge is 2.15. The maximum Gasteiger partial charge on any atom is 0.343 e. The zero-order valence-corrected chi connectivity index (χ0v) is 25.1. The van der Waals surface area contributed by atoms with Crippen molar-refractivity contribution in [3.05, 3.63) is 146 Å². The van der Waals surface area contributed by atoms with Crippen LogP contribution in [0, 0.1) is 0 Å². The third kappa shape index (κ3) is 9.69. The van der Waals surface area contributed by atoms with Gasteiger partial charge in [-0.2, -0.15) is 0 Å². The molecular formula is C37H30O10. The summed E-state index contributed by atoms with van der Waals surface area (Å²) in [6.07, 6.45) is 2.11. The van der Waals surface area contributed by atoms with Gasteiger partial charge >= 0.3 is 23.9 Å². The molecule has 0 amide bonds. The number of carbonyl (C=O) groups excluding carboxylic acids is 4. The maximum absolute atomic E-state index is 12.7. The molecule has 0 bridgehead atoms. The Morgan fingerprint density at radius 1 is 0.617 bits per heavy atom. The number of esters is 4. The molecule has 0 radical (unpaired) electrons. The zero-order chi connectivity index (χ0) is 33.8. The number of carbonyl (C=O) groups is 4. The lowest BCUT2D eigenvalue weighted by molar-refractivity contribution is -0.131. The lowest BCUT2D eigenvalue weighted by Crippen LogP contribution is -2.10. The Balaban J connectivity index is 1.29. The van der Waals surface area contributed by atoms with E-state index in [1.165, 1.54) is 12.1 Å². The Bertz CT molecular complexity index is 1770. The minimum Gasteiger partial charge on any atom is -0.423 e. The fourth-order valence-electron chi connectivity index (χ4n) is 4.10. The molecular weight excluding hydrogens is 604 g/mol. The first-order valence-corrected chi connectivity index (χ1v) is 14.2. The lowest BCUT2D eigenvalue weighted by Gasteiger charge is -2.14. The monoisotopic (exact) mass is 634 g/mol. The van der Waals surface area contributed by atoms with Crippen LogP contribution in [0.5, 0.6) is 23.0 Å². The number of aliphatic hydroxyl groups excluding tert-OH is 1. The van der Waals surface area contributed by atoms with Gasteiger partial charge in [-0.15, -0.1) is 0 Å². The van der Waals surface area contributed by atoms with Gasteiger partial charge in [0, 0.05) is 23.8 Å². The Kier molecular flexibility index (Phi) is 11.7. The van der Waals surface area contributed by atoms with E-state index in [0.717, 1.165) is 29.4 Å². The Morgan fingerprint density at radius 3 is 1.72 bits per heavy atom. The molecule has 0 aliphatic carbocycles. The van der Waals surface area contributed by atoms with Crippen LogP contribution in [-0.4, -0.2) is 35.6 Å². The second-order valence-corrected chi connectivity index (χ2v) is 9.69. The first-order valence-electron chi connectivity index (χ1n) is 14.2. The molecule has 0 saturated carbocycles. The van der Waals surface area contributed by atoms with Gasteiger partial charge in [0.2, 0.25) is 0 Å². The van der Waals surface area contributed by atoms with Gasteiger partial charge in [0.1, 0.15) is 11.5 Å². The first kappa shape index (κ1) is 33.8. The summed E-state index contributed by atoms with van der Waals surface area (Å²) in [6.45, 7) is 10.2. The second-order valence-electron chi connectivity index (χ2n) is 9.69. The molecule has 4 aromatic carbocycles. The minimum absolute atomic E-state index is 0.0178. The van der Waals surface area contributed by atoms with Crippen LogP contribution in [0.3, 0.4) is 0 Å². The molecule has 47 heavy (non-hydrogen) atoms. The van der Waals surface area contributed by atoms with Crippen LogP contribution in [0.25, 0.3) is 11.1 Å². The van der Waals surface area contributed by atoms with Crippen molar-refractivity contribution in [2.24, 2.45) is 0 Å². The lowest BCUT2D eigenvalue weighted by atomic mass is 10.0. The molecule has 0 aromatic heterocycles. The van der Waals surface area contributed by atoms with E-state index in [1.54, 1.807) is 78.9 Å². The molecule has 10 nitrogen and oxygen atoms in total. The number of benzene rings is 4. The first-order chi connectivity index (χ1) is 22.7. The maximum atomic E-state index is 12.7. The van der Waals surface area contributed by atoms with E-state index >= 15 is 0 Å². The van der Waals surface area contributed by atoms with Crippen molar-refractivity contribution >= 4 is 23.9 Å². The van der Waals surface area contributed by atoms with E-state index in [1.807, 2.05) is 0 Å². The molecule has 0 aliphatic heterocycles. The van der Waals surface area contributed by atoms with Crippen LogP contribution in [0.2, 0.25) is 0 Å². The van der Waals surface area contributed by atoms with Gasteiger partial charge in [-0.25, -0.2) is 19.2 Å². The van der Waals surface area contributed by atoms with Gasteiger partial charge in [0.25, 0.3) is 0 Å². The fourth-order valence-corrected chi connectivity index (χ4v) is 4.10. The standard InChI is InChI=1S/C37H30O10/c1-4-33(38)44-29-16-12-26(13-17-29)25-8-10-28(11-9-25)37(42)45-30-18-14-27(15-19-30)36(41)43-22-21-24-7-20-31(46-34(39)5-2)32(23-24)47-35(40)6-3/h4-20,23,36,41H,1-3,21-22H2. The highest BCUT2D eigenvalue weighted by atomic mass is 16.6. The van der Waals surface area contributed by atoms with Gasteiger partial charge in [-0.1, -0.05) is 62.2 Å². The predicted octanol–water partition coefficient (Wildman–Crippen LogP) is 6.10. The minimum atomic E-state index is -1.26. The molecule has 1 N–H and O–H groups in total. The van der Waals surface area contributed by atoms with Gasteiger partial charge in [-0.05, 0) is 71.6 Å². The molecule has 0 spiro atoms. The second kappa shape index (κ2) is 16.3. The zero-order valence-electron chi connectivity index (χ0n) is 25.1. The van der Waals surface area contributed by atoms with E-state index in [0.29, 0.717) is 28.9 Å². The molecule has 0 aliphatic rings. The Hall–Kier alpha value is -6.10. The molecule has 1 unspecified atom stereocenters. The van der Waals surface area contributed by atoms with Crippen LogP contribution in [0.1, 0.15) is 27.8 Å². The molecule has 238 valence electrons. The van der Waals surface area contributed by atoms with Crippen molar-refractivity contribution in [2.75, 3.05) is 6.61 Å². The number of hydrogen-bond acceptors (Lipinski definition) is 10. The average Bonchev–Trinajstić information content (AvgIpc) is 3.09. The predicted molar refractivity (Wildman–Crippen MR) is 172 cm³/mol. The van der Waals surface area contributed by atoms with Gasteiger partial charge in [0.05, 0.1) is 12.2 Å². The SMILES string of the molecule is C=CC(=O)Oc1ccc(-c2ccc(C(=O)Oc3ccc(C(O)OCCc4ccc(OC(=O)C=C)c(OC(=O)C=C)c4)cc3)cc2)cc1. The summed E-state index contributed by atoms with van der Waals surface area (Å²) in [5.41, 5.74) is 3.17. The molecule has 0 saturated heterocycles. The van der Waals surface area contributed by atoms with E-state index in [2.05, 4.69) is 19.7 Å². The third-order valence-electron chi connectivity index (χ3n) is 6.50. The number of aliphatic hydroxyl groups is 1. The topological polar surface area (TPSA) is 135 Å². The summed E-state index contributed by atoms with van der Waals surface area (Å²) in [5, 5.41) is 10.5. The Morgan fingerprint density at radius 2 is 1.13 bits per heavy atom. The molecule has 4 rings (SSSR count). The van der Waals surface area contributed by atoms with Crippen molar-refractivity contribution in [3.63, 3.8) is 0 Å². The number of ether oxygens (including phenoxy) is 5. The van der Waals surface area contributed by atoms with Crippen LogP contribution in [0.4, 0.5) is 0 Å². The fraction of sp³-hybridized carbons (Fsp3) is 0.0811. The van der Waals surface area contributed by atoms with Crippen LogP contribution >= 0.6 is 0 Å². The van der Waals surface area contributed by atoms with Crippen molar-refractivity contribution in [3.8, 4) is 34.1 Å². The highest BCUT2D eigenvalue weighted by molar-refractivity contribution is 5.91. The normalized spacial score (nSPS) is 11.0. The van der Waals surface area contributed by atoms with Gasteiger partial charge in [0.15, 0.2) is 17.8 Å². The summed E-state index contributed by atoms with van der Waals surface area (Å²) in [4.78, 5) is 47.4.